The minimum absolute atomic E-state index is 0.158. The van der Waals surface area contributed by atoms with E-state index >= 15 is 0 Å². The van der Waals surface area contributed by atoms with Crippen LogP contribution in [0.15, 0.2) is 67.0 Å². The average molecular weight is 705 g/mol. The van der Waals surface area contributed by atoms with E-state index in [-0.39, 0.29) is 33.0 Å². The molecule has 11 nitrogen and oxygen atoms in total. The summed E-state index contributed by atoms with van der Waals surface area (Å²) in [4.78, 5) is 4.11. The fraction of sp³-hybridized carbons (Fsp3) is 0.368. The topological polar surface area (TPSA) is 169 Å². The Hall–Kier alpha value is -4.25. The number of aliphatic hydroxyl groups is 4. The third kappa shape index (κ3) is 11.1. The summed E-state index contributed by atoms with van der Waals surface area (Å²) in [5.74, 6) is 1.74. The first kappa shape index (κ1) is 38.6. The van der Waals surface area contributed by atoms with Gasteiger partial charge in [-0.25, -0.2) is 0 Å². The Labute approximate surface area is 298 Å². The highest BCUT2D eigenvalue weighted by molar-refractivity contribution is 6.32. The number of rotatable bonds is 20. The van der Waals surface area contributed by atoms with Gasteiger partial charge in [-0.15, -0.1) is 0 Å². The molecular formula is C38H45ClN4O7. The number of hydrogen-bond donors (Lipinski definition) is 6. The number of aromatic nitrogens is 1. The Morgan fingerprint density at radius 1 is 0.800 bits per heavy atom. The van der Waals surface area contributed by atoms with E-state index in [2.05, 4.69) is 40.7 Å². The summed E-state index contributed by atoms with van der Waals surface area (Å²) in [5, 5.41) is 53.2. The van der Waals surface area contributed by atoms with Crippen molar-refractivity contribution in [2.45, 2.75) is 52.2 Å². The maximum atomic E-state index is 9.76. The van der Waals surface area contributed by atoms with E-state index in [4.69, 9.17) is 30.9 Å². The molecule has 4 aromatic rings. The van der Waals surface area contributed by atoms with E-state index < -0.39 is 12.2 Å². The van der Waals surface area contributed by atoms with Gasteiger partial charge in [-0.2, -0.15) is 5.26 Å². The highest BCUT2D eigenvalue weighted by atomic mass is 35.5. The first-order valence-electron chi connectivity index (χ1n) is 16.5. The van der Waals surface area contributed by atoms with Gasteiger partial charge in [0.25, 0.3) is 0 Å². The van der Waals surface area contributed by atoms with Crippen molar-refractivity contribution in [3.05, 3.63) is 105 Å². The molecule has 266 valence electrons. The molecule has 0 saturated heterocycles. The Morgan fingerprint density at radius 2 is 1.50 bits per heavy atom. The molecule has 2 unspecified atom stereocenters. The molecule has 0 saturated carbocycles. The molecule has 1 heterocycles. The number of benzene rings is 3. The van der Waals surface area contributed by atoms with Crippen molar-refractivity contribution >= 4 is 11.6 Å². The maximum Gasteiger partial charge on any atom is 0.142 e. The number of nitrogens with zero attached hydrogens (tertiary/aromatic N) is 2. The van der Waals surface area contributed by atoms with Gasteiger partial charge in [0.1, 0.15) is 36.5 Å². The molecule has 2 atom stereocenters. The van der Waals surface area contributed by atoms with E-state index in [1.807, 2.05) is 31.2 Å². The summed E-state index contributed by atoms with van der Waals surface area (Å²) in [7, 11) is 0. The zero-order chi connectivity index (χ0) is 35.9. The first-order chi connectivity index (χ1) is 24.2. The predicted octanol–water partition coefficient (Wildman–Crippen LogP) is 4.20. The Balaban J connectivity index is 1.48. The van der Waals surface area contributed by atoms with Crippen molar-refractivity contribution in [1.82, 2.24) is 15.6 Å². The Morgan fingerprint density at radius 3 is 2.24 bits per heavy atom. The number of ether oxygens (including phenoxy) is 3. The van der Waals surface area contributed by atoms with Crippen molar-refractivity contribution < 1.29 is 34.6 Å². The van der Waals surface area contributed by atoms with Crippen molar-refractivity contribution in [2.75, 3.05) is 39.5 Å². The number of nitrogens with one attached hydrogen (secondary N) is 2. The summed E-state index contributed by atoms with van der Waals surface area (Å²) in [6.45, 7) is 5.89. The molecule has 50 heavy (non-hydrogen) atoms. The summed E-state index contributed by atoms with van der Waals surface area (Å²) in [6.07, 6.45) is 2.20. The summed E-state index contributed by atoms with van der Waals surface area (Å²) >= 11 is 6.71. The van der Waals surface area contributed by atoms with Gasteiger partial charge in [0, 0.05) is 49.2 Å². The summed E-state index contributed by atoms with van der Waals surface area (Å²) in [6, 6.07) is 19.4. The lowest BCUT2D eigenvalue weighted by Gasteiger charge is -2.18. The molecule has 12 heteroatoms. The third-order valence-corrected chi connectivity index (χ3v) is 8.38. The standard InChI is InChI=1S/C38H45ClN4O7/c1-25-29(6-3-7-33(25)34-8-4-9-36(26(34)2)48-11-5-10-41-19-31(46)21-44)24-50-38-14-37(49-23-28-12-27(15-40)16-42-17-28)30(13-35(38)39)18-43-20-32(47)22-45/h3-4,6-9,12-14,16-17,31-32,41,43-47H,5,10-11,18-24H2,1-2H3. The molecule has 0 bridgehead atoms. The third-order valence-electron chi connectivity index (χ3n) is 8.09. The molecule has 0 radical (unpaired) electrons. The zero-order valence-corrected chi connectivity index (χ0v) is 29.1. The smallest absolute Gasteiger partial charge is 0.142 e. The minimum atomic E-state index is -0.901. The van der Waals surface area contributed by atoms with Gasteiger partial charge in [-0.1, -0.05) is 41.9 Å². The lowest BCUT2D eigenvalue weighted by atomic mass is 9.93. The van der Waals surface area contributed by atoms with E-state index in [9.17, 15) is 20.6 Å². The van der Waals surface area contributed by atoms with E-state index in [1.165, 1.54) is 6.20 Å². The fourth-order valence-electron chi connectivity index (χ4n) is 5.25. The van der Waals surface area contributed by atoms with Crippen LogP contribution in [0, 0.1) is 25.2 Å². The Bertz CT molecular complexity index is 1730. The summed E-state index contributed by atoms with van der Waals surface area (Å²) in [5.41, 5.74) is 7.05. The average Bonchev–Trinajstić information content (AvgIpc) is 3.13. The first-order valence-corrected chi connectivity index (χ1v) is 16.8. The molecule has 0 fully saturated rings. The highest BCUT2D eigenvalue weighted by Crippen LogP contribution is 2.36. The molecule has 0 spiro atoms. The molecule has 0 amide bonds. The largest absolute Gasteiger partial charge is 0.493 e. The molecular weight excluding hydrogens is 660 g/mol. The Kier molecular flexibility index (Phi) is 15.3. The SMILES string of the molecule is Cc1c(COc2cc(OCc3cncc(C#N)c3)c(CNCC(O)CO)cc2Cl)cccc1-c1cccc(OCCCNCC(O)CO)c1C. The second-order valence-electron chi connectivity index (χ2n) is 11.9. The van der Waals surface area contributed by atoms with Crippen molar-refractivity contribution in [2.24, 2.45) is 0 Å². The normalized spacial score (nSPS) is 12.3. The minimum Gasteiger partial charge on any atom is -0.493 e. The second kappa shape index (κ2) is 19.8. The molecule has 0 aliphatic rings. The number of hydrogen-bond acceptors (Lipinski definition) is 11. The highest BCUT2D eigenvalue weighted by Gasteiger charge is 2.16. The van der Waals surface area contributed by atoms with Gasteiger partial charge >= 0.3 is 0 Å². The van der Waals surface area contributed by atoms with Crippen molar-refractivity contribution in [3.8, 4) is 34.4 Å². The van der Waals surface area contributed by atoms with Crippen LogP contribution in [0.5, 0.6) is 17.2 Å². The molecule has 1 aromatic heterocycles. The summed E-state index contributed by atoms with van der Waals surface area (Å²) < 4.78 is 18.5. The molecule has 0 aliphatic carbocycles. The van der Waals surface area contributed by atoms with Gasteiger partial charge in [-0.05, 0) is 72.8 Å². The van der Waals surface area contributed by atoms with Crippen LogP contribution in [-0.4, -0.2) is 77.1 Å². The van der Waals surface area contributed by atoms with Crippen LogP contribution in [0.1, 0.15) is 39.8 Å². The van der Waals surface area contributed by atoms with Crippen LogP contribution < -0.4 is 24.8 Å². The van der Waals surface area contributed by atoms with Gasteiger partial charge in [0.2, 0.25) is 0 Å². The molecule has 4 rings (SSSR count). The van der Waals surface area contributed by atoms with Crippen molar-refractivity contribution in [3.63, 3.8) is 0 Å². The number of halogens is 1. The number of pyridine rings is 1. The fourth-order valence-corrected chi connectivity index (χ4v) is 5.49. The van der Waals surface area contributed by atoms with E-state index in [0.29, 0.717) is 48.3 Å². The van der Waals surface area contributed by atoms with Crippen LogP contribution >= 0.6 is 11.6 Å². The van der Waals surface area contributed by atoms with E-state index in [1.54, 1.807) is 24.4 Å². The number of aliphatic hydroxyl groups excluding tert-OH is 4. The van der Waals surface area contributed by atoms with Gasteiger partial charge < -0.3 is 45.3 Å². The van der Waals surface area contributed by atoms with E-state index in [0.717, 1.165) is 51.1 Å². The van der Waals surface area contributed by atoms with Gasteiger partial charge in [-0.3, -0.25) is 4.98 Å². The van der Waals surface area contributed by atoms with Gasteiger partial charge in [0.15, 0.2) is 0 Å². The molecule has 3 aromatic carbocycles. The van der Waals surface area contributed by atoms with Crippen molar-refractivity contribution in [1.29, 1.82) is 5.26 Å². The van der Waals surface area contributed by atoms with Gasteiger partial charge in [0.05, 0.1) is 42.6 Å². The molecule has 0 aliphatic heterocycles. The van der Waals surface area contributed by atoms with Crippen LogP contribution in [0.25, 0.3) is 11.1 Å². The van der Waals surface area contributed by atoms with Crippen LogP contribution in [0.4, 0.5) is 0 Å². The molecule has 6 N–H and O–H groups in total. The zero-order valence-electron chi connectivity index (χ0n) is 28.4. The monoisotopic (exact) mass is 704 g/mol. The van der Waals surface area contributed by atoms with Crippen LogP contribution in [0.3, 0.4) is 0 Å². The predicted molar refractivity (Wildman–Crippen MR) is 191 cm³/mol. The number of nitriles is 1. The van der Waals surface area contributed by atoms with Crippen LogP contribution in [0.2, 0.25) is 5.02 Å². The maximum absolute atomic E-state index is 9.76. The quantitative estimate of drug-likeness (QED) is 0.0729. The second-order valence-corrected chi connectivity index (χ2v) is 12.3. The van der Waals surface area contributed by atoms with Crippen LogP contribution in [-0.2, 0) is 19.8 Å². The lowest BCUT2D eigenvalue weighted by molar-refractivity contribution is 0.0941. The lowest BCUT2D eigenvalue weighted by Crippen LogP contribution is -2.30.